The molecule has 0 radical (unpaired) electrons. The predicted octanol–water partition coefficient (Wildman–Crippen LogP) is 4.15. The van der Waals surface area contributed by atoms with Crippen LogP contribution in [0.1, 0.15) is 16.7 Å². The number of carbonyl (C=O) groups excluding carboxylic acids is 2. The number of amides is 2. The van der Waals surface area contributed by atoms with Crippen LogP contribution in [0.2, 0.25) is 10.0 Å². The zero-order chi connectivity index (χ0) is 28.6. The smallest absolute Gasteiger partial charge is 0.243 e. The molecule has 1 N–H and O–H groups in total. The molecule has 1 atom stereocenters. The summed E-state index contributed by atoms with van der Waals surface area (Å²) in [6.45, 7) is -0.225. The van der Waals surface area contributed by atoms with Crippen molar-refractivity contribution in [2.45, 2.75) is 25.6 Å². The Hall–Kier alpha value is -3.11. The van der Waals surface area contributed by atoms with Gasteiger partial charge in [0.15, 0.2) is 0 Å². The topological polar surface area (TPSA) is 96.0 Å². The summed E-state index contributed by atoms with van der Waals surface area (Å²) in [6.07, 6.45) is 1.24. The maximum absolute atomic E-state index is 13.7. The molecule has 0 saturated heterocycles. The third kappa shape index (κ3) is 8.96. The summed E-state index contributed by atoms with van der Waals surface area (Å²) in [6, 6.07) is 20.5. The van der Waals surface area contributed by atoms with Gasteiger partial charge in [-0.2, -0.15) is 4.31 Å². The van der Waals surface area contributed by atoms with Crippen LogP contribution in [0.15, 0.2) is 72.8 Å². The molecule has 0 heterocycles. The molecule has 3 aromatic carbocycles. The molecule has 0 aliphatic rings. The molecule has 0 aliphatic heterocycles. The zero-order valence-corrected chi connectivity index (χ0v) is 24.3. The Balaban J connectivity index is 1.96. The van der Waals surface area contributed by atoms with Gasteiger partial charge in [0.2, 0.25) is 21.8 Å². The van der Waals surface area contributed by atoms with Crippen molar-refractivity contribution in [1.82, 2.24) is 14.5 Å². The van der Waals surface area contributed by atoms with Crippen LogP contribution in [-0.2, 0) is 39.1 Å². The average molecular weight is 593 g/mol. The van der Waals surface area contributed by atoms with Gasteiger partial charge in [0.05, 0.1) is 19.9 Å². The van der Waals surface area contributed by atoms with E-state index in [4.69, 9.17) is 27.9 Å². The van der Waals surface area contributed by atoms with Crippen molar-refractivity contribution < 1.29 is 22.7 Å². The van der Waals surface area contributed by atoms with Gasteiger partial charge < -0.3 is 15.0 Å². The molecule has 11 heteroatoms. The van der Waals surface area contributed by atoms with Crippen molar-refractivity contribution in [1.29, 1.82) is 0 Å². The lowest BCUT2D eigenvalue weighted by Gasteiger charge is -2.32. The highest BCUT2D eigenvalue weighted by Gasteiger charge is 2.32. The molecule has 0 unspecified atom stereocenters. The fourth-order valence-electron chi connectivity index (χ4n) is 3.85. The molecule has 39 heavy (non-hydrogen) atoms. The summed E-state index contributed by atoms with van der Waals surface area (Å²) < 4.78 is 30.3. The minimum absolute atomic E-state index is 0.0764. The quantitative estimate of drug-likeness (QED) is 0.341. The van der Waals surface area contributed by atoms with Crippen LogP contribution in [-0.4, -0.2) is 62.4 Å². The van der Waals surface area contributed by atoms with E-state index in [2.05, 4.69) is 5.32 Å². The first-order valence-corrected chi connectivity index (χ1v) is 14.7. The fraction of sp³-hybridized carbons (Fsp3) is 0.286. The van der Waals surface area contributed by atoms with Gasteiger partial charge in [-0.25, -0.2) is 8.42 Å². The summed E-state index contributed by atoms with van der Waals surface area (Å²) in [5, 5.41) is 3.77. The maximum Gasteiger partial charge on any atom is 0.243 e. The average Bonchev–Trinajstić information content (AvgIpc) is 2.90. The van der Waals surface area contributed by atoms with E-state index in [0.29, 0.717) is 21.4 Å². The van der Waals surface area contributed by atoms with E-state index in [1.54, 1.807) is 49.6 Å². The zero-order valence-electron chi connectivity index (χ0n) is 21.9. The first-order chi connectivity index (χ1) is 18.5. The summed E-state index contributed by atoms with van der Waals surface area (Å²) >= 11 is 12.3. The SMILES string of the molecule is COc1ccc(CN(C(=O)CN(C)S(C)(=O)=O)[C@@H](Cc2ccccc2)C(=O)NCc2ccc(Cl)cc2Cl)cc1. The van der Waals surface area contributed by atoms with Crippen LogP contribution in [0, 0.1) is 0 Å². The molecule has 208 valence electrons. The summed E-state index contributed by atoms with van der Waals surface area (Å²) in [7, 11) is -0.748. The maximum atomic E-state index is 13.7. The Labute approximate surface area is 239 Å². The first-order valence-electron chi connectivity index (χ1n) is 12.1. The van der Waals surface area contributed by atoms with Crippen LogP contribution >= 0.6 is 23.2 Å². The number of sulfonamides is 1. The van der Waals surface area contributed by atoms with E-state index >= 15 is 0 Å². The van der Waals surface area contributed by atoms with Gasteiger partial charge in [0.25, 0.3) is 0 Å². The fourth-order valence-corrected chi connectivity index (χ4v) is 4.67. The lowest BCUT2D eigenvalue weighted by molar-refractivity contribution is -0.141. The van der Waals surface area contributed by atoms with E-state index in [-0.39, 0.29) is 19.5 Å². The molecule has 0 bridgehead atoms. The number of methoxy groups -OCH3 is 1. The number of hydrogen-bond acceptors (Lipinski definition) is 5. The lowest BCUT2D eigenvalue weighted by Crippen LogP contribution is -2.52. The minimum Gasteiger partial charge on any atom is -0.497 e. The van der Waals surface area contributed by atoms with E-state index in [1.807, 2.05) is 30.3 Å². The number of hydrogen-bond donors (Lipinski definition) is 1. The number of nitrogens with zero attached hydrogens (tertiary/aromatic N) is 2. The van der Waals surface area contributed by atoms with Crippen molar-refractivity contribution in [3.05, 3.63) is 99.5 Å². The monoisotopic (exact) mass is 591 g/mol. The second-order valence-electron chi connectivity index (χ2n) is 9.05. The summed E-state index contributed by atoms with van der Waals surface area (Å²) in [4.78, 5) is 28.7. The Bertz CT molecular complexity index is 1390. The molecule has 3 aromatic rings. The molecule has 0 aliphatic carbocycles. The normalized spacial score (nSPS) is 12.2. The second-order valence-corrected chi connectivity index (χ2v) is 12.0. The number of halogens is 2. The van der Waals surface area contributed by atoms with Crippen LogP contribution in [0.25, 0.3) is 0 Å². The van der Waals surface area contributed by atoms with Gasteiger partial charge in [-0.1, -0.05) is 71.7 Å². The third-order valence-electron chi connectivity index (χ3n) is 6.18. The van der Waals surface area contributed by atoms with Crippen LogP contribution in [0.3, 0.4) is 0 Å². The van der Waals surface area contributed by atoms with Gasteiger partial charge in [-0.05, 0) is 41.0 Å². The van der Waals surface area contributed by atoms with Crippen LogP contribution < -0.4 is 10.1 Å². The van der Waals surface area contributed by atoms with E-state index in [1.165, 1.54) is 11.9 Å². The van der Waals surface area contributed by atoms with Gasteiger partial charge in [0, 0.05) is 36.6 Å². The van der Waals surface area contributed by atoms with Crippen molar-refractivity contribution in [2.24, 2.45) is 0 Å². The number of carbonyl (C=O) groups is 2. The summed E-state index contributed by atoms with van der Waals surface area (Å²) in [5.74, 6) is -0.278. The number of benzene rings is 3. The summed E-state index contributed by atoms with van der Waals surface area (Å²) in [5.41, 5.74) is 2.25. The van der Waals surface area contributed by atoms with E-state index in [0.717, 1.165) is 21.7 Å². The Kier molecular flexibility index (Phi) is 10.8. The molecule has 0 spiro atoms. The molecule has 0 saturated carbocycles. The van der Waals surface area contributed by atoms with Gasteiger partial charge in [-0.3, -0.25) is 9.59 Å². The number of rotatable bonds is 12. The minimum atomic E-state index is -3.63. The van der Waals surface area contributed by atoms with Crippen molar-refractivity contribution in [3.8, 4) is 5.75 Å². The third-order valence-corrected chi connectivity index (χ3v) is 8.02. The number of nitrogens with one attached hydrogen (secondary N) is 1. The highest BCUT2D eigenvalue weighted by molar-refractivity contribution is 7.88. The van der Waals surface area contributed by atoms with Crippen molar-refractivity contribution in [2.75, 3.05) is 27.0 Å². The standard InChI is InChI=1S/C28H31Cl2N3O5S/c1-32(39(3,36)37)19-27(34)33(18-21-9-13-24(38-2)14-10-21)26(15-20-7-5-4-6-8-20)28(35)31-17-22-11-12-23(29)16-25(22)30/h4-14,16,26H,15,17-19H2,1-3H3,(H,31,35)/t26-/m0/s1. The molecule has 0 fully saturated rings. The first kappa shape index (κ1) is 30.4. The predicted molar refractivity (Wildman–Crippen MR) is 153 cm³/mol. The molecular formula is C28H31Cl2N3O5S. The molecule has 8 nitrogen and oxygen atoms in total. The van der Waals surface area contributed by atoms with Crippen molar-refractivity contribution in [3.63, 3.8) is 0 Å². The van der Waals surface area contributed by atoms with Gasteiger partial charge in [0.1, 0.15) is 11.8 Å². The van der Waals surface area contributed by atoms with Gasteiger partial charge in [-0.15, -0.1) is 0 Å². The van der Waals surface area contributed by atoms with E-state index < -0.39 is 34.4 Å². The van der Waals surface area contributed by atoms with Crippen LogP contribution in [0.5, 0.6) is 5.75 Å². The Morgan fingerprint density at radius 3 is 2.23 bits per heavy atom. The molecular weight excluding hydrogens is 561 g/mol. The Morgan fingerprint density at radius 2 is 1.64 bits per heavy atom. The highest BCUT2D eigenvalue weighted by Crippen LogP contribution is 2.22. The Morgan fingerprint density at radius 1 is 0.974 bits per heavy atom. The molecule has 0 aromatic heterocycles. The largest absolute Gasteiger partial charge is 0.497 e. The van der Waals surface area contributed by atoms with Crippen LogP contribution in [0.4, 0.5) is 0 Å². The van der Waals surface area contributed by atoms with Crippen molar-refractivity contribution >= 4 is 45.0 Å². The second kappa shape index (κ2) is 13.8. The van der Waals surface area contributed by atoms with E-state index in [9.17, 15) is 18.0 Å². The number of likely N-dealkylation sites (N-methyl/N-ethyl adjacent to an activating group) is 1. The lowest BCUT2D eigenvalue weighted by atomic mass is 10.0. The highest BCUT2D eigenvalue weighted by atomic mass is 35.5. The van der Waals surface area contributed by atoms with Gasteiger partial charge >= 0.3 is 0 Å². The molecule has 3 rings (SSSR count). The number of ether oxygens (including phenoxy) is 1. The molecule has 2 amide bonds.